The van der Waals surface area contributed by atoms with Crippen molar-refractivity contribution in [2.75, 3.05) is 13.7 Å². The van der Waals surface area contributed by atoms with Crippen molar-refractivity contribution in [1.82, 2.24) is 0 Å². The third-order valence-electron chi connectivity index (χ3n) is 2.59. The van der Waals surface area contributed by atoms with Crippen LogP contribution in [-0.4, -0.2) is 26.2 Å². The van der Waals surface area contributed by atoms with E-state index in [0.29, 0.717) is 5.56 Å². The topological polar surface area (TPSA) is 35.5 Å². The van der Waals surface area contributed by atoms with E-state index in [1.165, 1.54) is 19.2 Å². The molecule has 0 saturated heterocycles. The number of benzene rings is 1. The van der Waals surface area contributed by atoms with E-state index < -0.39 is 18.2 Å². The highest BCUT2D eigenvalue weighted by molar-refractivity contribution is 5.68. The molecule has 1 aromatic carbocycles. The summed E-state index contributed by atoms with van der Waals surface area (Å²) in [4.78, 5) is 10.9. The molecule has 19 heavy (non-hydrogen) atoms. The van der Waals surface area contributed by atoms with Crippen LogP contribution in [0, 0.1) is 0 Å². The van der Waals surface area contributed by atoms with Crippen molar-refractivity contribution in [2.24, 2.45) is 0 Å². The van der Waals surface area contributed by atoms with Gasteiger partial charge in [-0.25, -0.2) is 0 Å². The van der Waals surface area contributed by atoms with Crippen LogP contribution in [0.5, 0.6) is 11.5 Å². The van der Waals surface area contributed by atoms with Crippen molar-refractivity contribution in [1.29, 1.82) is 0 Å². The first kappa shape index (κ1) is 15.3. The van der Waals surface area contributed by atoms with Crippen LogP contribution >= 0.6 is 0 Å². The molecular weight excluding hydrogens is 261 g/mol. The molecule has 6 heteroatoms. The molecule has 0 amide bonds. The summed E-state index contributed by atoms with van der Waals surface area (Å²) < 4.78 is 45.9. The largest absolute Gasteiger partial charge is 0.493 e. The number of alkyl halides is 3. The maximum absolute atomic E-state index is 12.1. The lowest BCUT2D eigenvalue weighted by molar-refractivity contribution is -0.153. The summed E-state index contributed by atoms with van der Waals surface area (Å²) in [6.07, 6.45) is -3.65. The molecule has 0 aromatic heterocycles. The Morgan fingerprint density at radius 2 is 1.84 bits per heavy atom. The number of hydrogen-bond donors (Lipinski definition) is 0. The van der Waals surface area contributed by atoms with Crippen LogP contribution in [0.1, 0.15) is 19.4 Å². The van der Waals surface area contributed by atoms with Crippen molar-refractivity contribution in [3.05, 3.63) is 23.8 Å². The van der Waals surface area contributed by atoms with Crippen LogP contribution in [0.3, 0.4) is 0 Å². The van der Waals surface area contributed by atoms with E-state index in [-0.39, 0.29) is 11.5 Å². The highest BCUT2D eigenvalue weighted by Crippen LogP contribution is 2.33. The Kier molecular flexibility index (Phi) is 4.44. The zero-order chi connectivity index (χ0) is 14.7. The summed E-state index contributed by atoms with van der Waals surface area (Å²) in [6, 6.07) is 4.41. The van der Waals surface area contributed by atoms with E-state index in [1.54, 1.807) is 19.9 Å². The highest BCUT2D eigenvalue weighted by Gasteiger charge is 2.29. The zero-order valence-corrected chi connectivity index (χ0v) is 10.9. The monoisotopic (exact) mass is 276 g/mol. The Bertz CT molecular complexity index is 453. The fourth-order valence-corrected chi connectivity index (χ4v) is 1.42. The molecule has 1 rings (SSSR count). The second kappa shape index (κ2) is 5.50. The molecule has 0 atom stereocenters. The SMILES string of the molecule is COc1cc(C(C)(C)C=O)ccc1OCC(F)(F)F. The molecule has 0 unspecified atom stereocenters. The van der Waals surface area contributed by atoms with E-state index in [4.69, 9.17) is 4.74 Å². The van der Waals surface area contributed by atoms with Gasteiger partial charge < -0.3 is 14.3 Å². The molecule has 0 bridgehead atoms. The third kappa shape index (κ3) is 4.15. The van der Waals surface area contributed by atoms with Crippen LogP contribution in [0.4, 0.5) is 13.2 Å². The van der Waals surface area contributed by atoms with E-state index in [9.17, 15) is 18.0 Å². The maximum atomic E-state index is 12.1. The Labute approximate surface area is 109 Å². The predicted molar refractivity (Wildman–Crippen MR) is 63.6 cm³/mol. The number of hydrogen-bond acceptors (Lipinski definition) is 3. The minimum absolute atomic E-state index is 0.00901. The zero-order valence-electron chi connectivity index (χ0n) is 10.9. The van der Waals surface area contributed by atoms with Crippen molar-refractivity contribution in [3.8, 4) is 11.5 Å². The standard InChI is InChI=1S/C13H15F3O3/c1-12(2,7-17)9-4-5-10(11(6-9)18-3)19-8-13(14,15)16/h4-7H,8H2,1-3H3. The first-order valence-corrected chi connectivity index (χ1v) is 5.54. The van der Waals surface area contributed by atoms with E-state index >= 15 is 0 Å². The molecule has 0 heterocycles. The Morgan fingerprint density at radius 1 is 1.21 bits per heavy atom. The van der Waals surface area contributed by atoms with Gasteiger partial charge >= 0.3 is 6.18 Å². The van der Waals surface area contributed by atoms with Gasteiger partial charge in [0.1, 0.15) is 6.29 Å². The van der Waals surface area contributed by atoms with E-state index in [0.717, 1.165) is 6.29 Å². The van der Waals surface area contributed by atoms with E-state index in [2.05, 4.69) is 4.74 Å². The lowest BCUT2D eigenvalue weighted by Gasteiger charge is -2.20. The summed E-state index contributed by atoms with van der Waals surface area (Å²) in [5.74, 6) is 0.155. The lowest BCUT2D eigenvalue weighted by Crippen LogP contribution is -2.20. The molecule has 1 aromatic rings. The van der Waals surface area contributed by atoms with Crippen LogP contribution in [0.2, 0.25) is 0 Å². The van der Waals surface area contributed by atoms with Crippen molar-refractivity contribution in [2.45, 2.75) is 25.4 Å². The van der Waals surface area contributed by atoms with Crippen LogP contribution in [-0.2, 0) is 10.2 Å². The van der Waals surface area contributed by atoms with Crippen LogP contribution in [0.15, 0.2) is 18.2 Å². The number of halogens is 3. The second-order valence-corrected chi connectivity index (χ2v) is 4.61. The van der Waals surface area contributed by atoms with Gasteiger partial charge in [-0.15, -0.1) is 0 Å². The average Bonchev–Trinajstić information content (AvgIpc) is 2.35. The predicted octanol–water partition coefficient (Wildman–Crippen LogP) is 3.11. The summed E-state index contributed by atoms with van der Waals surface area (Å²) in [6.45, 7) is 2.01. The summed E-state index contributed by atoms with van der Waals surface area (Å²) >= 11 is 0. The molecule has 0 aliphatic rings. The van der Waals surface area contributed by atoms with Crippen molar-refractivity contribution in [3.63, 3.8) is 0 Å². The molecule has 0 spiro atoms. The van der Waals surface area contributed by atoms with Gasteiger partial charge in [0.05, 0.1) is 7.11 Å². The first-order valence-electron chi connectivity index (χ1n) is 5.54. The van der Waals surface area contributed by atoms with Gasteiger partial charge in [-0.3, -0.25) is 0 Å². The smallest absolute Gasteiger partial charge is 0.422 e. The van der Waals surface area contributed by atoms with Crippen molar-refractivity contribution < 1.29 is 27.4 Å². The summed E-state index contributed by atoms with van der Waals surface area (Å²) in [5.41, 5.74) is -0.103. The van der Waals surface area contributed by atoms with Gasteiger partial charge in [0.15, 0.2) is 18.1 Å². The Balaban J connectivity index is 3.00. The van der Waals surface area contributed by atoms with Crippen LogP contribution in [0.25, 0.3) is 0 Å². The molecule has 0 fully saturated rings. The van der Waals surface area contributed by atoms with Gasteiger partial charge in [0.25, 0.3) is 0 Å². The number of aldehydes is 1. The van der Waals surface area contributed by atoms with Gasteiger partial charge in [0, 0.05) is 5.41 Å². The minimum Gasteiger partial charge on any atom is -0.493 e. The fourth-order valence-electron chi connectivity index (χ4n) is 1.42. The Morgan fingerprint density at radius 3 is 2.32 bits per heavy atom. The van der Waals surface area contributed by atoms with Gasteiger partial charge in [-0.05, 0) is 31.5 Å². The first-order chi connectivity index (χ1) is 8.69. The molecule has 0 aliphatic carbocycles. The van der Waals surface area contributed by atoms with Gasteiger partial charge in [0.2, 0.25) is 0 Å². The molecular formula is C13H15F3O3. The van der Waals surface area contributed by atoms with E-state index in [1.807, 2.05) is 0 Å². The Hall–Kier alpha value is -1.72. The summed E-state index contributed by atoms with van der Waals surface area (Å²) in [7, 11) is 1.33. The maximum Gasteiger partial charge on any atom is 0.422 e. The van der Waals surface area contributed by atoms with Crippen LogP contribution < -0.4 is 9.47 Å². The van der Waals surface area contributed by atoms with Crippen molar-refractivity contribution >= 4 is 6.29 Å². The quantitative estimate of drug-likeness (QED) is 0.775. The molecule has 0 radical (unpaired) electrons. The van der Waals surface area contributed by atoms with Gasteiger partial charge in [-0.1, -0.05) is 6.07 Å². The number of carbonyl (C=O) groups is 1. The highest BCUT2D eigenvalue weighted by atomic mass is 19.4. The molecule has 3 nitrogen and oxygen atoms in total. The molecule has 0 saturated carbocycles. The van der Waals surface area contributed by atoms with Gasteiger partial charge in [-0.2, -0.15) is 13.2 Å². The molecule has 0 aliphatic heterocycles. The lowest BCUT2D eigenvalue weighted by atomic mass is 9.86. The third-order valence-corrected chi connectivity index (χ3v) is 2.59. The normalized spacial score (nSPS) is 12.1. The minimum atomic E-state index is -4.41. The molecule has 106 valence electrons. The fraction of sp³-hybridized carbons (Fsp3) is 0.462. The number of ether oxygens (including phenoxy) is 2. The molecule has 0 N–H and O–H groups in total. The number of carbonyl (C=O) groups excluding carboxylic acids is 1. The summed E-state index contributed by atoms with van der Waals surface area (Å²) in [5, 5.41) is 0. The number of methoxy groups -OCH3 is 1. The average molecular weight is 276 g/mol. The number of rotatable bonds is 5. The second-order valence-electron chi connectivity index (χ2n) is 4.61.